The van der Waals surface area contributed by atoms with Crippen molar-refractivity contribution in [1.29, 1.82) is 0 Å². The first-order valence-electron chi connectivity index (χ1n) is 9.63. The summed E-state index contributed by atoms with van der Waals surface area (Å²) in [5.74, 6) is 0.541. The van der Waals surface area contributed by atoms with Gasteiger partial charge in [-0.3, -0.25) is 4.79 Å². The minimum atomic E-state index is -3.61. The van der Waals surface area contributed by atoms with Crippen molar-refractivity contribution in [2.45, 2.75) is 35.7 Å². The molecule has 1 atom stereocenters. The van der Waals surface area contributed by atoms with Gasteiger partial charge in [-0.2, -0.15) is 0 Å². The molecule has 1 unspecified atom stereocenters. The SMILES string of the molecule is Cc1ccc(SCCNC(=O)c2ccc(S(=O)(=O)NCC3CCCO3)cc2)cc1. The largest absolute Gasteiger partial charge is 0.377 e. The Kier molecular flexibility index (Phi) is 7.71. The van der Waals surface area contributed by atoms with E-state index >= 15 is 0 Å². The quantitative estimate of drug-likeness (QED) is 0.468. The van der Waals surface area contributed by atoms with Crippen LogP contribution in [0.1, 0.15) is 28.8 Å². The van der Waals surface area contributed by atoms with Gasteiger partial charge in [0.25, 0.3) is 5.91 Å². The van der Waals surface area contributed by atoms with Gasteiger partial charge in [-0.1, -0.05) is 17.7 Å². The van der Waals surface area contributed by atoms with Crippen molar-refractivity contribution in [1.82, 2.24) is 10.0 Å². The molecule has 0 saturated carbocycles. The van der Waals surface area contributed by atoms with Gasteiger partial charge in [0.1, 0.15) is 0 Å². The monoisotopic (exact) mass is 434 g/mol. The van der Waals surface area contributed by atoms with Gasteiger partial charge in [0, 0.05) is 35.9 Å². The van der Waals surface area contributed by atoms with Crippen LogP contribution in [0.25, 0.3) is 0 Å². The number of aryl methyl sites for hydroxylation is 1. The molecule has 2 aromatic carbocycles. The van der Waals surface area contributed by atoms with Crippen molar-refractivity contribution >= 4 is 27.7 Å². The fourth-order valence-corrected chi connectivity index (χ4v) is 4.78. The summed E-state index contributed by atoms with van der Waals surface area (Å²) in [4.78, 5) is 13.6. The van der Waals surface area contributed by atoms with Crippen LogP contribution in [-0.4, -0.2) is 45.9 Å². The van der Waals surface area contributed by atoms with Gasteiger partial charge in [-0.05, 0) is 56.2 Å². The highest BCUT2D eigenvalue weighted by atomic mass is 32.2. The van der Waals surface area contributed by atoms with Crippen LogP contribution in [0.3, 0.4) is 0 Å². The topological polar surface area (TPSA) is 84.5 Å². The third-order valence-electron chi connectivity index (χ3n) is 4.63. The molecular formula is C21H26N2O4S2. The highest BCUT2D eigenvalue weighted by molar-refractivity contribution is 7.99. The Morgan fingerprint density at radius 3 is 2.52 bits per heavy atom. The lowest BCUT2D eigenvalue weighted by atomic mass is 10.2. The maximum Gasteiger partial charge on any atom is 0.251 e. The molecule has 0 aliphatic carbocycles. The standard InChI is InChI=1S/C21H26N2O4S2/c1-16-4-8-19(9-5-16)28-14-12-22-21(24)17-6-10-20(11-7-17)29(25,26)23-15-18-3-2-13-27-18/h4-11,18,23H,2-3,12-15H2,1H3,(H,22,24). The summed E-state index contributed by atoms with van der Waals surface area (Å²) < 4.78 is 32.7. The van der Waals surface area contributed by atoms with Gasteiger partial charge in [-0.25, -0.2) is 13.1 Å². The zero-order valence-electron chi connectivity index (χ0n) is 16.4. The molecule has 1 amide bonds. The van der Waals surface area contributed by atoms with Crippen LogP contribution < -0.4 is 10.0 Å². The summed E-state index contributed by atoms with van der Waals surface area (Å²) in [6, 6.07) is 14.2. The zero-order chi connectivity index (χ0) is 20.7. The number of nitrogens with one attached hydrogen (secondary N) is 2. The number of amides is 1. The predicted octanol–water partition coefficient (Wildman–Crippen LogP) is 2.97. The molecule has 3 rings (SSSR count). The minimum Gasteiger partial charge on any atom is -0.377 e. The lowest BCUT2D eigenvalue weighted by molar-refractivity contribution is 0.0956. The van der Waals surface area contributed by atoms with Crippen molar-refractivity contribution in [3.8, 4) is 0 Å². The number of hydrogen-bond donors (Lipinski definition) is 2. The van der Waals surface area contributed by atoms with E-state index in [-0.39, 0.29) is 23.5 Å². The summed E-state index contributed by atoms with van der Waals surface area (Å²) >= 11 is 1.68. The average molecular weight is 435 g/mol. The van der Waals surface area contributed by atoms with Crippen molar-refractivity contribution in [3.05, 3.63) is 59.7 Å². The molecule has 1 aliphatic rings. The summed E-state index contributed by atoms with van der Waals surface area (Å²) in [6.07, 6.45) is 1.76. The molecule has 2 aromatic rings. The summed E-state index contributed by atoms with van der Waals surface area (Å²) in [5.41, 5.74) is 1.65. The number of hydrogen-bond acceptors (Lipinski definition) is 5. The molecule has 1 saturated heterocycles. The van der Waals surface area contributed by atoms with Crippen molar-refractivity contribution in [2.75, 3.05) is 25.4 Å². The number of ether oxygens (including phenoxy) is 1. The summed E-state index contributed by atoms with van der Waals surface area (Å²) in [7, 11) is -3.61. The van der Waals surface area contributed by atoms with Crippen LogP contribution in [0, 0.1) is 6.92 Å². The number of thioether (sulfide) groups is 1. The fourth-order valence-electron chi connectivity index (χ4n) is 2.95. The Balaban J connectivity index is 1.45. The van der Waals surface area contributed by atoms with Crippen LogP contribution in [0.15, 0.2) is 58.3 Å². The Labute approximate surface area is 176 Å². The summed E-state index contributed by atoms with van der Waals surface area (Å²) in [5, 5.41) is 2.86. The lowest BCUT2D eigenvalue weighted by Crippen LogP contribution is -2.32. The van der Waals surface area contributed by atoms with Gasteiger partial charge >= 0.3 is 0 Å². The lowest BCUT2D eigenvalue weighted by Gasteiger charge is -2.12. The number of carbonyl (C=O) groups excluding carboxylic acids is 1. The molecule has 0 bridgehead atoms. The molecule has 6 nitrogen and oxygen atoms in total. The molecule has 156 valence electrons. The number of rotatable bonds is 9. The first-order chi connectivity index (χ1) is 13.9. The van der Waals surface area contributed by atoms with E-state index in [0.29, 0.717) is 18.7 Å². The van der Waals surface area contributed by atoms with Crippen molar-refractivity contribution in [2.24, 2.45) is 0 Å². The van der Waals surface area contributed by atoms with Gasteiger partial charge in [-0.15, -0.1) is 11.8 Å². The van der Waals surface area contributed by atoms with Crippen LogP contribution in [0.4, 0.5) is 0 Å². The Hall–Kier alpha value is -1.87. The molecule has 2 N–H and O–H groups in total. The zero-order valence-corrected chi connectivity index (χ0v) is 18.0. The molecule has 1 aliphatic heterocycles. The Morgan fingerprint density at radius 2 is 1.86 bits per heavy atom. The smallest absolute Gasteiger partial charge is 0.251 e. The second-order valence-corrected chi connectivity index (χ2v) is 9.86. The van der Waals surface area contributed by atoms with Gasteiger partial charge in [0.05, 0.1) is 11.0 Å². The normalized spacial score (nSPS) is 16.7. The Morgan fingerprint density at radius 1 is 1.14 bits per heavy atom. The second-order valence-electron chi connectivity index (χ2n) is 6.93. The van der Waals surface area contributed by atoms with Gasteiger partial charge in [0.2, 0.25) is 10.0 Å². The molecule has 1 heterocycles. The van der Waals surface area contributed by atoms with E-state index in [0.717, 1.165) is 23.5 Å². The molecule has 1 fully saturated rings. The first-order valence-corrected chi connectivity index (χ1v) is 12.1. The van der Waals surface area contributed by atoms with Crippen molar-refractivity contribution < 1.29 is 17.9 Å². The molecule has 29 heavy (non-hydrogen) atoms. The third kappa shape index (κ3) is 6.57. The average Bonchev–Trinajstić information content (AvgIpc) is 3.25. The van der Waals surface area contributed by atoms with E-state index in [9.17, 15) is 13.2 Å². The molecule has 8 heteroatoms. The number of benzene rings is 2. The van der Waals surface area contributed by atoms with E-state index in [2.05, 4.69) is 34.3 Å². The van der Waals surface area contributed by atoms with E-state index in [4.69, 9.17) is 4.74 Å². The first kappa shape index (κ1) is 21.8. The minimum absolute atomic E-state index is 0.0624. The number of carbonyl (C=O) groups is 1. The summed E-state index contributed by atoms with van der Waals surface area (Å²) in [6.45, 7) is 3.52. The fraction of sp³-hybridized carbons (Fsp3) is 0.381. The maximum atomic E-state index is 12.4. The van der Waals surface area contributed by atoms with Crippen LogP contribution in [0.2, 0.25) is 0 Å². The van der Waals surface area contributed by atoms with Gasteiger partial charge in [0.15, 0.2) is 0 Å². The third-order valence-corrected chi connectivity index (χ3v) is 7.08. The van der Waals surface area contributed by atoms with E-state index in [1.54, 1.807) is 11.8 Å². The van der Waals surface area contributed by atoms with Crippen LogP contribution >= 0.6 is 11.8 Å². The van der Waals surface area contributed by atoms with Crippen molar-refractivity contribution in [3.63, 3.8) is 0 Å². The predicted molar refractivity (Wildman–Crippen MR) is 115 cm³/mol. The molecular weight excluding hydrogens is 408 g/mol. The van der Waals surface area contributed by atoms with E-state index in [1.807, 2.05) is 6.92 Å². The Bertz CT molecular complexity index is 907. The highest BCUT2D eigenvalue weighted by Crippen LogP contribution is 2.18. The van der Waals surface area contributed by atoms with Crippen LogP contribution in [-0.2, 0) is 14.8 Å². The van der Waals surface area contributed by atoms with E-state index in [1.165, 1.54) is 29.8 Å². The maximum absolute atomic E-state index is 12.4. The number of sulfonamides is 1. The van der Waals surface area contributed by atoms with Crippen LogP contribution in [0.5, 0.6) is 0 Å². The van der Waals surface area contributed by atoms with E-state index < -0.39 is 10.0 Å². The highest BCUT2D eigenvalue weighted by Gasteiger charge is 2.20. The van der Waals surface area contributed by atoms with Gasteiger partial charge < -0.3 is 10.1 Å². The molecule has 0 radical (unpaired) electrons. The second kappa shape index (κ2) is 10.2. The molecule has 0 aromatic heterocycles. The molecule has 0 spiro atoms.